The summed E-state index contributed by atoms with van der Waals surface area (Å²) in [7, 11) is -9.47. The third-order valence-corrected chi connectivity index (χ3v) is 5.43. The maximum absolute atomic E-state index is 11.4. The SMILES string of the molecule is CCCCCCC(CC(CS(=O)(=O)O)S(=O)(=O)O)C(=O)OO. The van der Waals surface area contributed by atoms with Crippen LogP contribution < -0.4 is 0 Å². The van der Waals surface area contributed by atoms with Gasteiger partial charge in [-0.05, 0) is 12.8 Å². The monoisotopic (exact) mass is 362 g/mol. The van der Waals surface area contributed by atoms with Gasteiger partial charge in [-0.1, -0.05) is 32.6 Å². The van der Waals surface area contributed by atoms with E-state index >= 15 is 0 Å². The van der Waals surface area contributed by atoms with Crippen LogP contribution in [0.25, 0.3) is 0 Å². The zero-order chi connectivity index (χ0) is 17.4. The molecule has 0 aromatic heterocycles. The predicted octanol–water partition coefficient (Wildman–Crippen LogP) is 1.12. The first kappa shape index (κ1) is 21.2. The average Bonchev–Trinajstić information content (AvgIpc) is 2.37. The van der Waals surface area contributed by atoms with Gasteiger partial charge in [0.05, 0.1) is 11.7 Å². The second kappa shape index (κ2) is 9.40. The summed E-state index contributed by atoms with van der Waals surface area (Å²) in [5.74, 6) is -3.45. The second-order valence-corrected chi connectivity index (χ2v) is 8.27. The van der Waals surface area contributed by atoms with Gasteiger partial charge in [0.25, 0.3) is 20.2 Å². The van der Waals surface area contributed by atoms with Crippen molar-refractivity contribution < 1.29 is 40.9 Å². The maximum atomic E-state index is 11.4. The summed E-state index contributed by atoms with van der Waals surface area (Å²) in [6.45, 7) is 1.97. The molecule has 0 spiro atoms. The summed E-state index contributed by atoms with van der Waals surface area (Å²) in [6, 6.07) is 0. The molecule has 0 aromatic rings. The number of hydrogen-bond acceptors (Lipinski definition) is 7. The largest absolute Gasteiger partial charge is 0.345 e. The molecule has 0 heterocycles. The predicted molar refractivity (Wildman–Crippen MR) is 77.3 cm³/mol. The van der Waals surface area contributed by atoms with Gasteiger partial charge >= 0.3 is 5.97 Å². The molecule has 0 bridgehead atoms. The Balaban J connectivity index is 5.00. The van der Waals surface area contributed by atoms with Crippen LogP contribution in [0.3, 0.4) is 0 Å². The van der Waals surface area contributed by atoms with Crippen molar-refractivity contribution in [3.05, 3.63) is 0 Å². The highest BCUT2D eigenvalue weighted by Crippen LogP contribution is 2.22. The van der Waals surface area contributed by atoms with Gasteiger partial charge in [0.2, 0.25) is 0 Å². The Morgan fingerprint density at radius 3 is 2.09 bits per heavy atom. The Hall–Kier alpha value is -0.750. The Labute approximate surface area is 130 Å². The fraction of sp³-hybridized carbons (Fsp3) is 0.909. The molecular weight excluding hydrogens is 340 g/mol. The third-order valence-electron chi connectivity index (χ3n) is 3.19. The summed E-state index contributed by atoms with van der Waals surface area (Å²) in [4.78, 5) is 15.0. The Bertz CT molecular complexity index is 538. The highest BCUT2D eigenvalue weighted by Gasteiger charge is 2.34. The van der Waals surface area contributed by atoms with Gasteiger partial charge in [-0.15, -0.1) is 0 Å². The molecule has 0 saturated carbocycles. The fourth-order valence-electron chi connectivity index (χ4n) is 2.05. The van der Waals surface area contributed by atoms with Crippen LogP contribution in [0.1, 0.15) is 45.4 Å². The lowest BCUT2D eigenvalue weighted by Crippen LogP contribution is -2.33. The van der Waals surface area contributed by atoms with Crippen molar-refractivity contribution in [3.63, 3.8) is 0 Å². The van der Waals surface area contributed by atoms with Crippen LogP contribution in [-0.4, -0.2) is 48.2 Å². The number of carbonyl (C=O) groups is 1. The summed E-state index contributed by atoms with van der Waals surface area (Å²) in [6.07, 6.45) is 2.72. The van der Waals surface area contributed by atoms with Crippen LogP contribution in [0, 0.1) is 5.92 Å². The van der Waals surface area contributed by atoms with Crippen LogP contribution in [0.2, 0.25) is 0 Å². The van der Waals surface area contributed by atoms with Crippen LogP contribution in [-0.2, 0) is 29.9 Å². The van der Waals surface area contributed by atoms with Gasteiger partial charge in [0.1, 0.15) is 5.25 Å². The molecule has 0 aliphatic rings. The first-order valence-corrected chi connectivity index (χ1v) is 9.89. The molecule has 2 atom stereocenters. The van der Waals surface area contributed by atoms with E-state index in [1.165, 1.54) is 0 Å². The Kier molecular flexibility index (Phi) is 9.08. The van der Waals surface area contributed by atoms with E-state index in [0.29, 0.717) is 6.42 Å². The molecular formula is C11H22O9S2. The molecule has 11 heteroatoms. The molecule has 0 fully saturated rings. The molecule has 9 nitrogen and oxygen atoms in total. The first-order chi connectivity index (χ1) is 10.0. The fourth-order valence-corrected chi connectivity index (χ4v) is 4.34. The molecule has 132 valence electrons. The van der Waals surface area contributed by atoms with Gasteiger partial charge in [0.15, 0.2) is 0 Å². The first-order valence-electron chi connectivity index (χ1n) is 6.78. The zero-order valence-corrected chi connectivity index (χ0v) is 13.8. The highest BCUT2D eigenvalue weighted by molar-refractivity contribution is 7.90. The summed E-state index contributed by atoms with van der Waals surface area (Å²) < 4.78 is 61.8. The molecule has 0 saturated heterocycles. The molecule has 0 radical (unpaired) electrons. The minimum Gasteiger partial charge on any atom is -0.301 e. The second-order valence-electron chi connectivity index (χ2n) is 5.08. The van der Waals surface area contributed by atoms with Crippen LogP contribution >= 0.6 is 0 Å². The number of unbranched alkanes of at least 4 members (excludes halogenated alkanes) is 3. The molecule has 0 aromatic carbocycles. The summed E-state index contributed by atoms with van der Waals surface area (Å²) in [5, 5.41) is 6.55. The van der Waals surface area contributed by atoms with E-state index < -0.39 is 49.5 Å². The quantitative estimate of drug-likeness (QED) is 0.212. The lowest BCUT2D eigenvalue weighted by atomic mass is 9.96. The van der Waals surface area contributed by atoms with E-state index in [0.717, 1.165) is 19.3 Å². The van der Waals surface area contributed by atoms with E-state index in [2.05, 4.69) is 4.89 Å². The normalized spacial score (nSPS) is 15.3. The van der Waals surface area contributed by atoms with Crippen molar-refractivity contribution in [1.82, 2.24) is 0 Å². The van der Waals surface area contributed by atoms with Crippen LogP contribution in [0.4, 0.5) is 0 Å². The van der Waals surface area contributed by atoms with Gasteiger partial charge in [-0.2, -0.15) is 22.1 Å². The van der Waals surface area contributed by atoms with E-state index in [-0.39, 0.29) is 6.42 Å². The maximum Gasteiger partial charge on any atom is 0.345 e. The number of carbonyl (C=O) groups excluding carboxylic acids is 1. The van der Waals surface area contributed by atoms with E-state index in [1.807, 2.05) is 6.92 Å². The van der Waals surface area contributed by atoms with Crippen molar-refractivity contribution in [2.75, 3.05) is 5.75 Å². The highest BCUT2D eigenvalue weighted by atomic mass is 32.2. The van der Waals surface area contributed by atoms with Crippen molar-refractivity contribution in [2.24, 2.45) is 5.92 Å². The van der Waals surface area contributed by atoms with Crippen molar-refractivity contribution in [2.45, 2.75) is 50.7 Å². The van der Waals surface area contributed by atoms with Crippen molar-refractivity contribution in [3.8, 4) is 0 Å². The smallest absolute Gasteiger partial charge is 0.301 e. The Morgan fingerprint density at radius 2 is 1.68 bits per heavy atom. The molecule has 3 N–H and O–H groups in total. The standard InChI is InChI=1S/C11H22O9S2/c1-2-3-4-5-6-9(11(12)20-13)7-10(22(17,18)19)8-21(14,15)16/h9-10,13H,2-8H2,1H3,(H,14,15,16)(H,17,18,19). The topological polar surface area (TPSA) is 155 Å². The van der Waals surface area contributed by atoms with Gasteiger partial charge in [-0.25, -0.2) is 4.79 Å². The number of rotatable bonds is 11. The van der Waals surface area contributed by atoms with Gasteiger partial charge in [-0.3, -0.25) is 9.11 Å². The lowest BCUT2D eigenvalue weighted by molar-refractivity contribution is -0.239. The van der Waals surface area contributed by atoms with E-state index in [9.17, 15) is 21.6 Å². The molecule has 0 aliphatic carbocycles. The van der Waals surface area contributed by atoms with Gasteiger partial charge in [0, 0.05) is 0 Å². The molecule has 0 aliphatic heterocycles. The Morgan fingerprint density at radius 1 is 1.09 bits per heavy atom. The van der Waals surface area contributed by atoms with Crippen molar-refractivity contribution in [1.29, 1.82) is 0 Å². The minimum absolute atomic E-state index is 0.164. The molecule has 2 unspecified atom stereocenters. The molecule has 0 rings (SSSR count). The van der Waals surface area contributed by atoms with Crippen molar-refractivity contribution >= 4 is 26.2 Å². The molecule has 22 heavy (non-hydrogen) atoms. The van der Waals surface area contributed by atoms with E-state index in [1.54, 1.807) is 0 Å². The average molecular weight is 362 g/mol. The third kappa shape index (κ3) is 9.30. The lowest BCUT2D eigenvalue weighted by Gasteiger charge is -2.18. The summed E-state index contributed by atoms with van der Waals surface area (Å²) in [5.41, 5.74) is 0. The summed E-state index contributed by atoms with van der Waals surface area (Å²) >= 11 is 0. The van der Waals surface area contributed by atoms with Gasteiger partial charge < -0.3 is 4.89 Å². The van der Waals surface area contributed by atoms with E-state index in [4.69, 9.17) is 14.4 Å². The van der Waals surface area contributed by atoms with Crippen LogP contribution in [0.5, 0.6) is 0 Å². The molecule has 0 amide bonds. The minimum atomic E-state index is -4.80. The number of hydrogen-bond donors (Lipinski definition) is 3. The zero-order valence-electron chi connectivity index (χ0n) is 12.2. The van der Waals surface area contributed by atoms with Crippen LogP contribution in [0.15, 0.2) is 0 Å².